The lowest BCUT2D eigenvalue weighted by Crippen LogP contribution is -2.41. The predicted octanol–water partition coefficient (Wildman–Crippen LogP) is 4.53. The molecule has 0 spiro atoms. The standard InChI is InChI=1S/C22H26N2O3/c25-21(16-20(22(26)27)17-10-4-1-5-11-17)23-24(18-12-6-2-7-13-18)19-14-8-3-9-15-19/h2-3,6-9,12-15,17,20H,1,4-5,10-11,16H2,(H,23,25)(H,26,27). The second-order valence-electron chi connectivity index (χ2n) is 7.09. The van der Waals surface area contributed by atoms with Gasteiger partial charge in [-0.05, 0) is 43.0 Å². The van der Waals surface area contributed by atoms with Crippen LogP contribution >= 0.6 is 0 Å². The summed E-state index contributed by atoms with van der Waals surface area (Å²) in [6.45, 7) is 0. The average Bonchev–Trinajstić information content (AvgIpc) is 2.72. The molecule has 5 nitrogen and oxygen atoms in total. The lowest BCUT2D eigenvalue weighted by atomic mass is 9.78. The molecule has 27 heavy (non-hydrogen) atoms. The fourth-order valence-electron chi connectivity index (χ4n) is 3.79. The van der Waals surface area contributed by atoms with Crippen molar-refractivity contribution in [3.63, 3.8) is 0 Å². The van der Waals surface area contributed by atoms with Gasteiger partial charge in [-0.25, -0.2) is 0 Å². The number of carbonyl (C=O) groups is 2. The molecule has 3 rings (SSSR count). The van der Waals surface area contributed by atoms with E-state index in [4.69, 9.17) is 0 Å². The lowest BCUT2D eigenvalue weighted by molar-refractivity contribution is -0.146. The van der Waals surface area contributed by atoms with Crippen LogP contribution in [0.1, 0.15) is 38.5 Å². The number of nitrogens with zero attached hydrogens (tertiary/aromatic N) is 1. The summed E-state index contributed by atoms with van der Waals surface area (Å²) in [5, 5.41) is 11.4. The molecule has 1 unspecified atom stereocenters. The first-order chi connectivity index (χ1) is 13.1. The van der Waals surface area contributed by atoms with Gasteiger partial charge in [0.05, 0.1) is 17.3 Å². The van der Waals surface area contributed by atoms with Gasteiger partial charge in [-0.2, -0.15) is 0 Å². The number of hydrogen-bond acceptors (Lipinski definition) is 3. The van der Waals surface area contributed by atoms with Crippen LogP contribution in [-0.4, -0.2) is 17.0 Å². The summed E-state index contributed by atoms with van der Waals surface area (Å²) in [5.41, 5.74) is 4.55. The molecule has 0 bridgehead atoms. The number of hydrazine groups is 1. The number of anilines is 2. The van der Waals surface area contributed by atoms with Gasteiger partial charge in [-0.1, -0.05) is 55.7 Å². The van der Waals surface area contributed by atoms with Crippen LogP contribution in [0.5, 0.6) is 0 Å². The summed E-state index contributed by atoms with van der Waals surface area (Å²) in [6.07, 6.45) is 5.05. The molecule has 2 aromatic carbocycles. The molecular weight excluding hydrogens is 340 g/mol. The molecule has 0 aliphatic heterocycles. The van der Waals surface area contributed by atoms with Crippen LogP contribution < -0.4 is 10.4 Å². The molecule has 142 valence electrons. The predicted molar refractivity (Wildman–Crippen MR) is 105 cm³/mol. The molecule has 0 radical (unpaired) electrons. The van der Waals surface area contributed by atoms with Gasteiger partial charge in [0, 0.05) is 6.42 Å². The highest BCUT2D eigenvalue weighted by Crippen LogP contribution is 2.32. The van der Waals surface area contributed by atoms with Crippen LogP contribution in [0.25, 0.3) is 0 Å². The second kappa shape index (κ2) is 9.21. The smallest absolute Gasteiger partial charge is 0.307 e. The van der Waals surface area contributed by atoms with Crippen molar-refractivity contribution in [2.75, 3.05) is 5.01 Å². The molecule has 0 saturated heterocycles. The second-order valence-corrected chi connectivity index (χ2v) is 7.09. The summed E-state index contributed by atoms with van der Waals surface area (Å²) in [6, 6.07) is 19.1. The summed E-state index contributed by atoms with van der Waals surface area (Å²) >= 11 is 0. The van der Waals surface area contributed by atoms with Gasteiger partial charge in [0.1, 0.15) is 0 Å². The highest BCUT2D eigenvalue weighted by atomic mass is 16.4. The third-order valence-corrected chi connectivity index (χ3v) is 5.21. The Labute approximate surface area is 160 Å². The minimum Gasteiger partial charge on any atom is -0.481 e. The number of benzene rings is 2. The van der Waals surface area contributed by atoms with Crippen molar-refractivity contribution in [1.29, 1.82) is 0 Å². The Morgan fingerprint density at radius 2 is 1.44 bits per heavy atom. The van der Waals surface area contributed by atoms with Crippen LogP contribution in [0, 0.1) is 11.8 Å². The maximum absolute atomic E-state index is 12.7. The van der Waals surface area contributed by atoms with E-state index in [0.29, 0.717) is 0 Å². The zero-order chi connectivity index (χ0) is 19.1. The lowest BCUT2D eigenvalue weighted by Gasteiger charge is -2.29. The Morgan fingerprint density at radius 3 is 1.93 bits per heavy atom. The van der Waals surface area contributed by atoms with Gasteiger partial charge in [-0.15, -0.1) is 0 Å². The molecule has 1 aliphatic rings. The molecule has 0 aromatic heterocycles. The first-order valence-corrected chi connectivity index (χ1v) is 9.57. The fourth-order valence-corrected chi connectivity index (χ4v) is 3.79. The summed E-state index contributed by atoms with van der Waals surface area (Å²) in [5.74, 6) is -1.69. The van der Waals surface area contributed by atoms with Gasteiger partial charge < -0.3 is 5.11 Å². The topological polar surface area (TPSA) is 69.6 Å². The third-order valence-electron chi connectivity index (χ3n) is 5.21. The van der Waals surface area contributed by atoms with Gasteiger partial charge in [0.15, 0.2) is 0 Å². The van der Waals surface area contributed by atoms with Gasteiger partial charge in [-0.3, -0.25) is 20.0 Å². The molecule has 1 fully saturated rings. The van der Waals surface area contributed by atoms with Crippen molar-refractivity contribution in [3.8, 4) is 0 Å². The molecule has 0 heterocycles. The quantitative estimate of drug-likeness (QED) is 0.707. The van der Waals surface area contributed by atoms with Crippen LogP contribution in [0.2, 0.25) is 0 Å². The SMILES string of the molecule is O=C(CC(C(=O)O)C1CCCCC1)NN(c1ccccc1)c1ccccc1. The van der Waals surface area contributed by atoms with E-state index in [-0.39, 0.29) is 18.2 Å². The molecule has 1 amide bonds. The molecule has 2 aromatic rings. The Morgan fingerprint density at radius 1 is 0.926 bits per heavy atom. The van der Waals surface area contributed by atoms with Gasteiger partial charge >= 0.3 is 5.97 Å². The highest BCUT2D eigenvalue weighted by molar-refractivity contribution is 5.85. The van der Waals surface area contributed by atoms with Crippen molar-refractivity contribution in [2.24, 2.45) is 11.8 Å². The maximum Gasteiger partial charge on any atom is 0.307 e. The largest absolute Gasteiger partial charge is 0.481 e. The monoisotopic (exact) mass is 366 g/mol. The molecule has 2 N–H and O–H groups in total. The average molecular weight is 366 g/mol. The number of nitrogens with one attached hydrogen (secondary N) is 1. The van der Waals surface area contributed by atoms with Crippen molar-refractivity contribution < 1.29 is 14.7 Å². The van der Waals surface area contributed by atoms with Crippen LogP contribution in [0.4, 0.5) is 11.4 Å². The minimum atomic E-state index is -0.872. The Hall–Kier alpha value is -2.82. The first-order valence-electron chi connectivity index (χ1n) is 9.57. The Kier molecular flexibility index (Phi) is 6.47. The summed E-state index contributed by atoms with van der Waals surface area (Å²) in [7, 11) is 0. The van der Waals surface area contributed by atoms with E-state index in [1.165, 1.54) is 0 Å². The number of carbonyl (C=O) groups excluding carboxylic acids is 1. The van der Waals surface area contributed by atoms with Crippen LogP contribution in [0.3, 0.4) is 0 Å². The number of para-hydroxylation sites is 2. The molecule has 1 saturated carbocycles. The zero-order valence-corrected chi connectivity index (χ0v) is 15.4. The van der Waals surface area contributed by atoms with E-state index in [9.17, 15) is 14.7 Å². The number of amides is 1. The minimum absolute atomic E-state index is 0.00380. The van der Waals surface area contributed by atoms with E-state index >= 15 is 0 Å². The molecule has 1 atom stereocenters. The van der Waals surface area contributed by atoms with Gasteiger partial charge in [0.2, 0.25) is 5.91 Å². The Bertz CT molecular complexity index is 703. The van der Waals surface area contributed by atoms with Crippen LogP contribution in [-0.2, 0) is 9.59 Å². The van der Waals surface area contributed by atoms with Crippen molar-refractivity contribution in [1.82, 2.24) is 5.43 Å². The van der Waals surface area contributed by atoms with E-state index in [2.05, 4.69) is 5.43 Å². The van der Waals surface area contributed by atoms with Crippen molar-refractivity contribution >= 4 is 23.3 Å². The van der Waals surface area contributed by atoms with E-state index in [0.717, 1.165) is 43.5 Å². The van der Waals surface area contributed by atoms with E-state index in [1.807, 2.05) is 60.7 Å². The maximum atomic E-state index is 12.7. The molecule has 5 heteroatoms. The number of hydrogen-bond donors (Lipinski definition) is 2. The van der Waals surface area contributed by atoms with Crippen molar-refractivity contribution in [2.45, 2.75) is 38.5 Å². The van der Waals surface area contributed by atoms with Gasteiger partial charge in [0.25, 0.3) is 0 Å². The van der Waals surface area contributed by atoms with Crippen LogP contribution in [0.15, 0.2) is 60.7 Å². The number of aliphatic carboxylic acids is 1. The summed E-state index contributed by atoms with van der Waals surface area (Å²) < 4.78 is 0. The molecule has 1 aliphatic carbocycles. The number of carboxylic acids is 1. The van der Waals surface area contributed by atoms with E-state index < -0.39 is 11.9 Å². The third kappa shape index (κ3) is 5.09. The van der Waals surface area contributed by atoms with E-state index in [1.54, 1.807) is 5.01 Å². The molecular formula is C22H26N2O3. The highest BCUT2D eigenvalue weighted by Gasteiger charge is 2.31. The fraction of sp³-hybridized carbons (Fsp3) is 0.364. The normalized spacial score (nSPS) is 15.7. The summed E-state index contributed by atoms with van der Waals surface area (Å²) in [4.78, 5) is 24.5. The number of rotatable bonds is 7. The number of carboxylic acid groups (broad SMARTS) is 1. The zero-order valence-electron chi connectivity index (χ0n) is 15.4. The van der Waals surface area contributed by atoms with Crippen molar-refractivity contribution in [3.05, 3.63) is 60.7 Å². The Balaban J connectivity index is 1.74. The first kappa shape index (κ1) is 19.0.